The van der Waals surface area contributed by atoms with E-state index < -0.39 is 60.2 Å². The number of halogens is 3. The standard InChI is InChI=1S/C14H12F3N3O7/c15-14(16,17)4-8(13(23)24)18-11(21)5-19-9-3-7(20(25)26)1-2-10(9)27-6-12(19)22/h1-3,8H,4-6H2,(H,18,21)(H,23,24). The molecule has 2 N–H and O–H groups in total. The Hall–Kier alpha value is -3.38. The van der Waals surface area contributed by atoms with Crippen molar-refractivity contribution in [3.8, 4) is 5.75 Å². The summed E-state index contributed by atoms with van der Waals surface area (Å²) in [6, 6.07) is 1.04. The molecule has 0 radical (unpaired) electrons. The number of ether oxygens (including phenoxy) is 1. The van der Waals surface area contributed by atoms with Gasteiger partial charge in [-0.25, -0.2) is 4.79 Å². The largest absolute Gasteiger partial charge is 0.482 e. The number of amides is 2. The third kappa shape index (κ3) is 5.05. The van der Waals surface area contributed by atoms with Crippen LogP contribution in [0.1, 0.15) is 6.42 Å². The van der Waals surface area contributed by atoms with E-state index >= 15 is 0 Å². The van der Waals surface area contributed by atoms with Gasteiger partial charge in [0.25, 0.3) is 11.6 Å². The van der Waals surface area contributed by atoms with Gasteiger partial charge < -0.3 is 15.2 Å². The van der Waals surface area contributed by atoms with E-state index in [0.717, 1.165) is 17.0 Å². The molecule has 0 saturated heterocycles. The second-order valence-corrected chi connectivity index (χ2v) is 5.46. The molecule has 1 aliphatic heterocycles. The van der Waals surface area contributed by atoms with Gasteiger partial charge in [0.2, 0.25) is 5.91 Å². The van der Waals surface area contributed by atoms with Crippen LogP contribution in [-0.4, -0.2) is 53.2 Å². The summed E-state index contributed by atoms with van der Waals surface area (Å²) in [4.78, 5) is 45.7. The Morgan fingerprint density at radius 2 is 2.07 bits per heavy atom. The minimum Gasteiger partial charge on any atom is -0.482 e. The number of hydrogen-bond donors (Lipinski definition) is 2. The molecule has 27 heavy (non-hydrogen) atoms. The molecule has 0 fully saturated rings. The normalized spacial score (nSPS) is 14.8. The number of anilines is 1. The molecule has 1 atom stereocenters. The van der Waals surface area contributed by atoms with Crippen molar-refractivity contribution in [3.63, 3.8) is 0 Å². The minimum absolute atomic E-state index is 0.0538. The van der Waals surface area contributed by atoms with E-state index in [2.05, 4.69) is 0 Å². The monoisotopic (exact) mass is 391 g/mol. The molecule has 1 aliphatic rings. The van der Waals surface area contributed by atoms with Crippen molar-refractivity contribution >= 4 is 29.2 Å². The molecule has 146 valence electrons. The Labute approximate surface area is 148 Å². The molecule has 0 bridgehead atoms. The van der Waals surface area contributed by atoms with Crippen LogP contribution in [0.5, 0.6) is 5.75 Å². The topological polar surface area (TPSA) is 139 Å². The molecule has 1 heterocycles. The zero-order valence-corrected chi connectivity index (χ0v) is 13.4. The van der Waals surface area contributed by atoms with E-state index in [1.54, 1.807) is 5.32 Å². The summed E-state index contributed by atoms with van der Waals surface area (Å²) in [5, 5.41) is 21.4. The highest BCUT2D eigenvalue weighted by molar-refractivity contribution is 6.02. The number of non-ortho nitro benzene ring substituents is 1. The fourth-order valence-electron chi connectivity index (χ4n) is 2.29. The third-order valence-electron chi connectivity index (χ3n) is 3.47. The maximum absolute atomic E-state index is 12.4. The van der Waals surface area contributed by atoms with Crippen molar-refractivity contribution in [1.82, 2.24) is 5.32 Å². The number of carbonyl (C=O) groups is 3. The summed E-state index contributed by atoms with van der Waals surface area (Å²) in [7, 11) is 0. The summed E-state index contributed by atoms with van der Waals surface area (Å²) in [5.41, 5.74) is -0.531. The number of carboxylic acid groups (broad SMARTS) is 1. The highest BCUT2D eigenvalue weighted by atomic mass is 19.4. The molecule has 1 aromatic rings. The zero-order valence-electron chi connectivity index (χ0n) is 13.4. The van der Waals surface area contributed by atoms with E-state index in [1.165, 1.54) is 6.07 Å². The van der Waals surface area contributed by atoms with Crippen LogP contribution >= 0.6 is 0 Å². The molecule has 10 nitrogen and oxygen atoms in total. The van der Waals surface area contributed by atoms with Gasteiger partial charge in [-0.1, -0.05) is 0 Å². The number of rotatable bonds is 6. The van der Waals surface area contributed by atoms with Gasteiger partial charge in [0.15, 0.2) is 6.61 Å². The molecule has 0 saturated carbocycles. The second kappa shape index (κ2) is 7.47. The van der Waals surface area contributed by atoms with Crippen LogP contribution in [0.3, 0.4) is 0 Å². The molecule has 2 rings (SSSR count). The first-order valence-corrected chi connectivity index (χ1v) is 7.28. The average Bonchev–Trinajstić information content (AvgIpc) is 2.55. The van der Waals surface area contributed by atoms with Gasteiger partial charge in [-0.2, -0.15) is 13.2 Å². The highest BCUT2D eigenvalue weighted by Gasteiger charge is 2.37. The van der Waals surface area contributed by atoms with Gasteiger partial charge in [-0.05, 0) is 6.07 Å². The van der Waals surface area contributed by atoms with Crippen LogP contribution in [-0.2, 0) is 14.4 Å². The van der Waals surface area contributed by atoms with E-state index in [9.17, 15) is 37.7 Å². The van der Waals surface area contributed by atoms with E-state index in [0.29, 0.717) is 0 Å². The van der Waals surface area contributed by atoms with Crippen molar-refractivity contribution in [2.45, 2.75) is 18.6 Å². The number of fused-ring (bicyclic) bond motifs is 1. The molecule has 0 spiro atoms. The van der Waals surface area contributed by atoms with Crippen LogP contribution in [0.25, 0.3) is 0 Å². The van der Waals surface area contributed by atoms with Crippen molar-refractivity contribution in [1.29, 1.82) is 0 Å². The number of carboxylic acids is 1. The summed E-state index contributed by atoms with van der Waals surface area (Å²) in [6.45, 7) is -1.33. The Kier molecular flexibility index (Phi) is 5.52. The maximum Gasteiger partial charge on any atom is 0.391 e. The van der Waals surface area contributed by atoms with Gasteiger partial charge in [0, 0.05) is 12.1 Å². The lowest BCUT2D eigenvalue weighted by Gasteiger charge is -2.29. The summed E-state index contributed by atoms with van der Waals surface area (Å²) >= 11 is 0. The van der Waals surface area contributed by atoms with Crippen LogP contribution in [0.4, 0.5) is 24.5 Å². The minimum atomic E-state index is -4.83. The molecule has 1 aromatic carbocycles. The molecule has 0 aromatic heterocycles. The fraction of sp³-hybridized carbons (Fsp3) is 0.357. The fourth-order valence-corrected chi connectivity index (χ4v) is 2.29. The zero-order chi connectivity index (χ0) is 20.4. The van der Waals surface area contributed by atoms with Crippen LogP contribution in [0.2, 0.25) is 0 Å². The number of aliphatic carboxylic acids is 1. The Morgan fingerprint density at radius 1 is 1.41 bits per heavy atom. The number of alkyl halides is 3. The molecule has 13 heteroatoms. The van der Waals surface area contributed by atoms with Gasteiger partial charge in [0.1, 0.15) is 18.3 Å². The van der Waals surface area contributed by atoms with Crippen molar-refractivity contribution in [2.75, 3.05) is 18.1 Å². The molecule has 0 aliphatic carbocycles. The van der Waals surface area contributed by atoms with Crippen molar-refractivity contribution in [3.05, 3.63) is 28.3 Å². The predicted molar refractivity (Wildman–Crippen MR) is 81.2 cm³/mol. The number of nitrogens with one attached hydrogen (secondary N) is 1. The van der Waals surface area contributed by atoms with Gasteiger partial charge in [-0.3, -0.25) is 24.6 Å². The Morgan fingerprint density at radius 3 is 2.63 bits per heavy atom. The van der Waals surface area contributed by atoms with E-state index in [4.69, 9.17) is 9.84 Å². The molecule has 2 amide bonds. The smallest absolute Gasteiger partial charge is 0.391 e. The van der Waals surface area contributed by atoms with Gasteiger partial charge in [0.05, 0.1) is 17.0 Å². The lowest BCUT2D eigenvalue weighted by molar-refractivity contribution is -0.384. The van der Waals surface area contributed by atoms with E-state index in [1.807, 2.05) is 0 Å². The lowest BCUT2D eigenvalue weighted by atomic mass is 10.2. The number of nitrogens with zero attached hydrogens (tertiary/aromatic N) is 2. The third-order valence-corrected chi connectivity index (χ3v) is 3.47. The highest BCUT2D eigenvalue weighted by Crippen LogP contribution is 2.35. The first-order valence-electron chi connectivity index (χ1n) is 7.28. The summed E-state index contributed by atoms with van der Waals surface area (Å²) in [5.74, 6) is -3.80. The number of benzene rings is 1. The SMILES string of the molecule is O=C(CN1C(=O)COc2ccc([N+](=O)[O-])cc21)NC(CC(F)(F)F)C(=O)O. The molecular formula is C14H12F3N3O7. The first kappa shape index (κ1) is 19.9. The number of hydrogen-bond acceptors (Lipinski definition) is 6. The van der Waals surface area contributed by atoms with E-state index in [-0.39, 0.29) is 11.4 Å². The molecular weight excluding hydrogens is 379 g/mol. The lowest BCUT2D eigenvalue weighted by Crippen LogP contribution is -2.50. The summed E-state index contributed by atoms with van der Waals surface area (Å²) in [6.07, 6.45) is -6.63. The van der Waals surface area contributed by atoms with Crippen LogP contribution in [0, 0.1) is 10.1 Å². The maximum atomic E-state index is 12.4. The van der Waals surface area contributed by atoms with Crippen molar-refractivity contribution < 1.29 is 42.3 Å². The summed E-state index contributed by atoms with van der Waals surface area (Å²) < 4.78 is 42.3. The number of nitro groups is 1. The average molecular weight is 391 g/mol. The quantitative estimate of drug-likeness (QED) is 0.541. The number of nitro benzene ring substituents is 1. The second-order valence-electron chi connectivity index (χ2n) is 5.46. The van der Waals surface area contributed by atoms with Gasteiger partial charge in [-0.15, -0.1) is 0 Å². The molecule has 1 unspecified atom stereocenters. The Balaban J connectivity index is 2.20. The van der Waals surface area contributed by atoms with Crippen LogP contribution in [0.15, 0.2) is 18.2 Å². The predicted octanol–water partition coefficient (Wildman–Crippen LogP) is 0.842. The van der Waals surface area contributed by atoms with Gasteiger partial charge >= 0.3 is 12.1 Å². The van der Waals surface area contributed by atoms with Crippen LogP contribution < -0.4 is 15.0 Å². The first-order chi connectivity index (χ1) is 12.5. The Bertz CT molecular complexity index is 797. The van der Waals surface area contributed by atoms with Crippen molar-refractivity contribution in [2.24, 2.45) is 0 Å². The number of carbonyl (C=O) groups excluding carboxylic acids is 2.